The van der Waals surface area contributed by atoms with E-state index in [0.29, 0.717) is 43.3 Å². The molecule has 0 saturated carbocycles. The zero-order chi connectivity index (χ0) is 36.4. The summed E-state index contributed by atoms with van der Waals surface area (Å²) < 4.78 is 18.0. The van der Waals surface area contributed by atoms with Crippen molar-refractivity contribution in [1.29, 1.82) is 0 Å². The maximum absolute atomic E-state index is 13.3. The number of esters is 1. The zero-order valence-corrected chi connectivity index (χ0v) is 29.9. The summed E-state index contributed by atoms with van der Waals surface area (Å²) in [6, 6.07) is 0. The van der Waals surface area contributed by atoms with Gasteiger partial charge in [-0.3, -0.25) is 14.4 Å². The molecule has 2 saturated heterocycles. The number of carbonyl (C=O) groups excluding carboxylic acids is 3. The van der Waals surface area contributed by atoms with E-state index in [4.69, 9.17) is 14.2 Å². The Balaban J connectivity index is 1.84. The summed E-state index contributed by atoms with van der Waals surface area (Å²) in [4.78, 5) is 39.5. The van der Waals surface area contributed by atoms with Gasteiger partial charge in [-0.1, -0.05) is 64.2 Å². The minimum atomic E-state index is -1.35. The largest absolute Gasteiger partial charge is 0.455 e. The Morgan fingerprint density at radius 2 is 1.69 bits per heavy atom. The van der Waals surface area contributed by atoms with Crippen LogP contribution in [0.4, 0.5) is 0 Å². The average Bonchev–Trinajstić information content (AvgIpc) is 3.75. The molecule has 10 nitrogen and oxygen atoms in total. The van der Waals surface area contributed by atoms with Gasteiger partial charge in [0.05, 0.1) is 36.9 Å². The van der Waals surface area contributed by atoms with Crippen LogP contribution in [0.25, 0.3) is 0 Å². The Bertz CT molecular complexity index is 1280. The van der Waals surface area contributed by atoms with E-state index in [2.05, 4.69) is 20.1 Å². The lowest BCUT2D eigenvalue weighted by Gasteiger charge is -2.26. The van der Waals surface area contributed by atoms with Gasteiger partial charge in [-0.05, 0) is 75.2 Å². The summed E-state index contributed by atoms with van der Waals surface area (Å²) >= 11 is 0. The minimum absolute atomic E-state index is 0.0464. The standard InChI is InChI=1S/C39H58O10/c1-8-9-11-22(2)37(44)23(3)12-10-13-33-34-17-16-32(48-34)31(42)19-25(5)29(40)21-30(41)27(7)24(4)18-26(6)38(45)39(46)35-15-14-28(47-35)20-36(43)49-33/h10,12-13,18,25,27-28,30,32-35,37-39,41,44-46H,2,6,8-9,11,14-17,19-21H2,1,3-5,7H3. The molecule has 3 rings (SSSR count). The van der Waals surface area contributed by atoms with Crippen molar-refractivity contribution in [1.82, 2.24) is 0 Å². The van der Waals surface area contributed by atoms with Gasteiger partial charge in [0.2, 0.25) is 0 Å². The molecule has 49 heavy (non-hydrogen) atoms. The van der Waals surface area contributed by atoms with E-state index in [-0.39, 0.29) is 36.4 Å². The van der Waals surface area contributed by atoms with Gasteiger partial charge in [-0.25, -0.2) is 0 Å². The van der Waals surface area contributed by atoms with Crippen LogP contribution >= 0.6 is 0 Å². The topological polar surface area (TPSA) is 160 Å². The number of carbonyl (C=O) groups is 3. The van der Waals surface area contributed by atoms with Gasteiger partial charge in [0.1, 0.15) is 30.2 Å². The predicted molar refractivity (Wildman–Crippen MR) is 186 cm³/mol. The molecular weight excluding hydrogens is 628 g/mol. The van der Waals surface area contributed by atoms with Gasteiger partial charge in [-0.2, -0.15) is 0 Å². The van der Waals surface area contributed by atoms with Crippen LogP contribution in [-0.2, 0) is 28.6 Å². The molecule has 0 radical (unpaired) electrons. The summed E-state index contributed by atoms with van der Waals surface area (Å²) in [5.41, 5.74) is 2.31. The van der Waals surface area contributed by atoms with Gasteiger partial charge in [-0.15, -0.1) is 0 Å². The van der Waals surface area contributed by atoms with Crippen LogP contribution in [-0.4, -0.2) is 92.9 Å². The molecule has 0 aromatic heterocycles. The lowest BCUT2D eigenvalue weighted by molar-refractivity contribution is -0.158. The number of hydrogen-bond acceptors (Lipinski definition) is 10. The highest BCUT2D eigenvalue weighted by molar-refractivity contribution is 5.90. The van der Waals surface area contributed by atoms with Crippen molar-refractivity contribution in [3.63, 3.8) is 0 Å². The van der Waals surface area contributed by atoms with Gasteiger partial charge >= 0.3 is 5.97 Å². The van der Waals surface area contributed by atoms with E-state index in [1.165, 1.54) is 0 Å². The minimum Gasteiger partial charge on any atom is -0.455 e. The summed E-state index contributed by atoms with van der Waals surface area (Å²) in [6.45, 7) is 17.0. The molecule has 0 amide bonds. The third-order valence-electron chi connectivity index (χ3n) is 10.2. The van der Waals surface area contributed by atoms with E-state index in [1.807, 2.05) is 0 Å². The Labute approximate surface area is 291 Å². The first-order chi connectivity index (χ1) is 23.1. The third kappa shape index (κ3) is 11.7. The Morgan fingerprint density at radius 3 is 2.39 bits per heavy atom. The number of ketones is 2. The predicted octanol–water partition coefficient (Wildman–Crippen LogP) is 4.78. The summed E-state index contributed by atoms with van der Waals surface area (Å²) in [7, 11) is 0. The number of fused-ring (bicyclic) bond motifs is 4. The summed E-state index contributed by atoms with van der Waals surface area (Å²) in [5.74, 6) is -2.11. The molecule has 3 aliphatic heterocycles. The molecule has 4 N–H and O–H groups in total. The van der Waals surface area contributed by atoms with Crippen molar-refractivity contribution in [2.24, 2.45) is 11.8 Å². The Morgan fingerprint density at radius 1 is 1.00 bits per heavy atom. The number of allylic oxidation sites excluding steroid dienone is 2. The smallest absolute Gasteiger partial charge is 0.309 e. The lowest BCUT2D eigenvalue weighted by atomic mass is 9.87. The quantitative estimate of drug-likeness (QED) is 0.167. The fraction of sp³-hybridized carbons (Fsp3) is 0.667. The first-order valence-corrected chi connectivity index (χ1v) is 17.8. The van der Waals surface area contributed by atoms with Gasteiger partial charge in [0, 0.05) is 24.7 Å². The van der Waals surface area contributed by atoms with Crippen LogP contribution < -0.4 is 0 Å². The van der Waals surface area contributed by atoms with E-state index in [0.717, 1.165) is 18.4 Å². The molecule has 0 aromatic rings. The van der Waals surface area contributed by atoms with Crippen LogP contribution in [0.3, 0.4) is 0 Å². The van der Waals surface area contributed by atoms with Gasteiger partial charge in [0.15, 0.2) is 5.78 Å². The first-order valence-electron chi connectivity index (χ1n) is 17.8. The number of aliphatic hydroxyl groups is 4. The number of ether oxygens (including phenoxy) is 3. The number of unbranched alkanes of at least 4 members (excludes halogenated alkanes) is 1. The van der Waals surface area contributed by atoms with Gasteiger partial charge in [0.25, 0.3) is 0 Å². The molecule has 0 aromatic carbocycles. The molecule has 0 spiro atoms. The van der Waals surface area contributed by atoms with Crippen molar-refractivity contribution >= 4 is 17.5 Å². The molecule has 3 heterocycles. The summed E-state index contributed by atoms with van der Waals surface area (Å²) in [5, 5.41) is 43.3. The molecule has 10 heteroatoms. The van der Waals surface area contributed by atoms with Crippen molar-refractivity contribution in [2.45, 2.75) is 154 Å². The van der Waals surface area contributed by atoms with Gasteiger partial charge < -0.3 is 34.6 Å². The monoisotopic (exact) mass is 686 g/mol. The fourth-order valence-electron chi connectivity index (χ4n) is 6.54. The van der Waals surface area contributed by atoms with Crippen molar-refractivity contribution in [2.75, 3.05) is 0 Å². The lowest BCUT2D eigenvalue weighted by Crippen LogP contribution is -2.38. The van der Waals surface area contributed by atoms with Crippen LogP contribution in [0.1, 0.15) is 98.8 Å². The molecule has 11 atom stereocenters. The Hall–Kier alpha value is -2.73. The molecule has 3 aliphatic rings. The highest BCUT2D eigenvalue weighted by Crippen LogP contribution is 2.31. The number of aliphatic hydroxyl groups excluding tert-OH is 4. The highest BCUT2D eigenvalue weighted by Gasteiger charge is 2.39. The van der Waals surface area contributed by atoms with E-state index in [9.17, 15) is 34.8 Å². The van der Waals surface area contributed by atoms with Crippen LogP contribution in [0.15, 0.2) is 59.8 Å². The zero-order valence-electron chi connectivity index (χ0n) is 29.9. The normalized spacial score (nSPS) is 35.4. The fourth-order valence-corrected chi connectivity index (χ4v) is 6.54. The molecule has 4 bridgehead atoms. The maximum Gasteiger partial charge on any atom is 0.309 e. The van der Waals surface area contributed by atoms with E-state index < -0.39 is 72.7 Å². The van der Waals surface area contributed by atoms with Crippen LogP contribution in [0.5, 0.6) is 0 Å². The van der Waals surface area contributed by atoms with E-state index >= 15 is 0 Å². The van der Waals surface area contributed by atoms with Crippen molar-refractivity contribution < 1.29 is 49.0 Å². The molecule has 11 unspecified atom stereocenters. The van der Waals surface area contributed by atoms with Crippen LogP contribution in [0, 0.1) is 11.8 Å². The maximum atomic E-state index is 13.3. The van der Waals surface area contributed by atoms with E-state index in [1.54, 1.807) is 52.0 Å². The molecule has 0 aliphatic carbocycles. The molecular formula is C39H58O10. The SMILES string of the molecule is C=C(CCCC)C(O)C(C)=CC=CC1OC(=O)CC2CCC(O2)C(O)C(O)C(=C)C=C(C)C(C)C(O)CC(=O)C(C)CC(=O)C2CCC1O2. The van der Waals surface area contributed by atoms with Crippen molar-refractivity contribution in [3.05, 3.63) is 59.8 Å². The third-order valence-corrected chi connectivity index (χ3v) is 10.2. The molecule has 2 fully saturated rings. The number of Topliss-reactive ketones (excluding diaryl/α,β-unsaturated/α-hetero) is 2. The van der Waals surface area contributed by atoms with Crippen molar-refractivity contribution in [3.8, 4) is 0 Å². The molecule has 274 valence electrons. The second-order valence-corrected chi connectivity index (χ2v) is 14.2. The second-order valence-electron chi connectivity index (χ2n) is 14.2. The Kier molecular flexibility index (Phi) is 15.8. The summed E-state index contributed by atoms with van der Waals surface area (Å²) in [6.07, 6.45) is 2.84. The highest BCUT2D eigenvalue weighted by atomic mass is 16.6. The number of cyclic esters (lactones) is 1. The number of rotatable bonds is 7. The average molecular weight is 687 g/mol. The number of hydrogen-bond donors (Lipinski definition) is 4. The first kappa shape index (κ1) is 40.7. The van der Waals surface area contributed by atoms with Crippen LogP contribution in [0.2, 0.25) is 0 Å². The second kappa shape index (κ2) is 19.0.